The van der Waals surface area contributed by atoms with Crippen LogP contribution in [-0.2, 0) is 9.47 Å². The van der Waals surface area contributed by atoms with Gasteiger partial charge < -0.3 is 9.47 Å². The van der Waals surface area contributed by atoms with Crippen molar-refractivity contribution >= 4 is 30.7 Å². The summed E-state index contributed by atoms with van der Waals surface area (Å²) in [4.78, 5) is 0. The van der Waals surface area contributed by atoms with E-state index in [2.05, 4.69) is 60.2 Å². The molecule has 96 valence electrons. The van der Waals surface area contributed by atoms with Gasteiger partial charge in [0.15, 0.2) is 0 Å². The Kier molecular flexibility index (Phi) is 8.99. The number of rotatable bonds is 8. The third kappa shape index (κ3) is 8.72. The Balaban J connectivity index is 3.65. The number of ether oxygens (including phenoxy) is 2. The molecule has 2 nitrogen and oxygen atoms in total. The second-order valence-corrected chi connectivity index (χ2v) is 11.5. The molecule has 0 saturated heterocycles. The predicted molar refractivity (Wildman–Crippen MR) is 81.9 cm³/mol. The highest BCUT2D eigenvalue weighted by Gasteiger charge is 2.12. The van der Waals surface area contributed by atoms with Crippen LogP contribution in [0.1, 0.15) is 20.3 Å². The van der Waals surface area contributed by atoms with Crippen molar-refractivity contribution in [1.82, 2.24) is 0 Å². The van der Waals surface area contributed by atoms with Crippen molar-refractivity contribution in [2.24, 2.45) is 0 Å². The molecule has 0 spiro atoms. The van der Waals surface area contributed by atoms with Crippen molar-refractivity contribution in [3.63, 3.8) is 0 Å². The van der Waals surface area contributed by atoms with Crippen molar-refractivity contribution < 1.29 is 9.47 Å². The molecule has 0 fully saturated rings. The molecule has 0 aliphatic carbocycles. The van der Waals surface area contributed by atoms with Gasteiger partial charge in [0, 0.05) is 14.7 Å². The molecule has 0 aliphatic heterocycles. The van der Waals surface area contributed by atoms with Crippen molar-refractivity contribution in [3.8, 4) is 0 Å². The fraction of sp³-hybridized carbons (Fsp3) is 0.833. The predicted octanol–water partition coefficient (Wildman–Crippen LogP) is 4.43. The van der Waals surface area contributed by atoms with Crippen molar-refractivity contribution in [1.29, 1.82) is 0 Å². The largest absolute Gasteiger partial charge is 0.356 e. The fourth-order valence-corrected chi connectivity index (χ4v) is 2.37. The lowest BCUT2D eigenvalue weighted by Gasteiger charge is -2.18. The number of hydrogen-bond donors (Lipinski definition) is 0. The molecule has 0 amide bonds. The molecule has 0 saturated carbocycles. The van der Waals surface area contributed by atoms with Gasteiger partial charge in [-0.15, -0.1) is 0 Å². The van der Waals surface area contributed by atoms with E-state index in [1.54, 1.807) is 0 Å². The molecule has 0 aromatic rings. The molecule has 0 aromatic carbocycles. The van der Waals surface area contributed by atoms with Crippen molar-refractivity contribution in [2.45, 2.75) is 52.1 Å². The van der Waals surface area contributed by atoms with Gasteiger partial charge >= 0.3 is 0 Å². The third-order valence-electron chi connectivity index (χ3n) is 2.40. The Labute approximate surface area is 115 Å². The quantitative estimate of drug-likeness (QED) is 0.277. The van der Waals surface area contributed by atoms with Crippen LogP contribution < -0.4 is 0 Å². The SMILES string of the molecule is CCC(OCOCC[Si](C)(C)C)/C(C)=C/I. The van der Waals surface area contributed by atoms with Gasteiger partial charge in [-0.05, 0) is 29.0 Å². The van der Waals surface area contributed by atoms with Crippen molar-refractivity contribution in [2.75, 3.05) is 13.4 Å². The van der Waals surface area contributed by atoms with Gasteiger partial charge in [0.2, 0.25) is 0 Å². The summed E-state index contributed by atoms with van der Waals surface area (Å²) in [5.41, 5.74) is 1.27. The first kappa shape index (κ1) is 16.6. The van der Waals surface area contributed by atoms with Gasteiger partial charge in [-0.25, -0.2) is 0 Å². The fourth-order valence-electron chi connectivity index (χ4n) is 1.21. The van der Waals surface area contributed by atoms with Gasteiger partial charge in [0.1, 0.15) is 6.79 Å². The average Bonchev–Trinajstić information content (AvgIpc) is 2.21. The summed E-state index contributed by atoms with van der Waals surface area (Å²) >= 11 is 2.25. The Morgan fingerprint density at radius 3 is 2.44 bits per heavy atom. The Bertz CT molecular complexity index is 212. The van der Waals surface area contributed by atoms with Gasteiger partial charge in [-0.2, -0.15) is 0 Å². The second-order valence-electron chi connectivity index (χ2n) is 5.25. The van der Waals surface area contributed by atoms with Crippen LogP contribution in [0, 0.1) is 0 Å². The molecule has 0 rings (SSSR count). The zero-order valence-electron chi connectivity index (χ0n) is 11.2. The molecule has 4 heteroatoms. The van der Waals surface area contributed by atoms with E-state index in [0.717, 1.165) is 13.0 Å². The van der Waals surface area contributed by atoms with E-state index in [1.807, 2.05) is 0 Å². The molecule has 0 N–H and O–H groups in total. The summed E-state index contributed by atoms with van der Waals surface area (Å²) in [5, 5.41) is 0. The van der Waals surface area contributed by atoms with Gasteiger partial charge in [0.25, 0.3) is 0 Å². The maximum absolute atomic E-state index is 5.68. The first-order valence-electron chi connectivity index (χ1n) is 5.87. The molecular formula is C12H25IO2Si. The minimum Gasteiger partial charge on any atom is -0.356 e. The number of halogens is 1. The lowest BCUT2D eigenvalue weighted by Crippen LogP contribution is -2.23. The van der Waals surface area contributed by atoms with Crippen LogP contribution in [0.5, 0.6) is 0 Å². The highest BCUT2D eigenvalue weighted by atomic mass is 127. The van der Waals surface area contributed by atoms with Crippen LogP contribution in [0.15, 0.2) is 9.66 Å². The summed E-state index contributed by atoms with van der Waals surface area (Å²) < 4.78 is 13.3. The molecule has 0 radical (unpaired) electrons. The van der Waals surface area contributed by atoms with Gasteiger partial charge in [-0.1, -0.05) is 49.2 Å². The van der Waals surface area contributed by atoms with Crippen molar-refractivity contribution in [3.05, 3.63) is 9.66 Å². The first-order chi connectivity index (χ1) is 7.40. The third-order valence-corrected chi connectivity index (χ3v) is 5.09. The normalized spacial score (nSPS) is 15.2. The summed E-state index contributed by atoms with van der Waals surface area (Å²) in [5.74, 6) is 0. The molecule has 0 aromatic heterocycles. The highest BCUT2D eigenvalue weighted by Crippen LogP contribution is 2.13. The highest BCUT2D eigenvalue weighted by molar-refractivity contribution is 14.1. The van der Waals surface area contributed by atoms with E-state index in [0.29, 0.717) is 6.79 Å². The van der Waals surface area contributed by atoms with Gasteiger partial charge in [0.05, 0.1) is 6.10 Å². The molecule has 0 bridgehead atoms. The maximum atomic E-state index is 5.68. The van der Waals surface area contributed by atoms with E-state index in [4.69, 9.17) is 9.47 Å². The van der Waals surface area contributed by atoms with E-state index in [1.165, 1.54) is 11.6 Å². The zero-order valence-corrected chi connectivity index (χ0v) is 14.3. The smallest absolute Gasteiger partial charge is 0.147 e. The first-order valence-corrected chi connectivity index (χ1v) is 10.8. The zero-order chi connectivity index (χ0) is 12.6. The maximum Gasteiger partial charge on any atom is 0.147 e. The monoisotopic (exact) mass is 356 g/mol. The molecule has 1 atom stereocenters. The van der Waals surface area contributed by atoms with E-state index in [-0.39, 0.29) is 6.10 Å². The summed E-state index contributed by atoms with van der Waals surface area (Å²) in [6.07, 6.45) is 1.21. The second kappa shape index (κ2) is 8.66. The Morgan fingerprint density at radius 2 is 2.00 bits per heavy atom. The topological polar surface area (TPSA) is 18.5 Å². The van der Waals surface area contributed by atoms with Crippen LogP contribution in [0.2, 0.25) is 25.7 Å². The minimum atomic E-state index is -0.965. The van der Waals surface area contributed by atoms with E-state index >= 15 is 0 Å². The lowest BCUT2D eigenvalue weighted by atomic mass is 10.1. The molecule has 0 aliphatic rings. The molecule has 1 unspecified atom stereocenters. The average molecular weight is 356 g/mol. The minimum absolute atomic E-state index is 0.212. The van der Waals surface area contributed by atoms with Crippen LogP contribution >= 0.6 is 22.6 Å². The van der Waals surface area contributed by atoms with E-state index in [9.17, 15) is 0 Å². The summed E-state index contributed by atoms with van der Waals surface area (Å²) in [7, 11) is -0.965. The van der Waals surface area contributed by atoms with E-state index < -0.39 is 8.07 Å². The summed E-state index contributed by atoms with van der Waals surface area (Å²) in [6.45, 7) is 12.6. The summed E-state index contributed by atoms with van der Waals surface area (Å²) in [6, 6.07) is 1.20. The standard InChI is InChI=1S/C12H25IO2Si/c1-6-12(11(2)9-13)15-10-14-7-8-16(3,4)5/h9,12H,6-8,10H2,1-5H3/b11-9+. The number of hydrogen-bond acceptors (Lipinski definition) is 2. The van der Waals surface area contributed by atoms with Crippen LogP contribution in [0.3, 0.4) is 0 Å². The van der Waals surface area contributed by atoms with Crippen LogP contribution in [0.4, 0.5) is 0 Å². The molecule has 16 heavy (non-hydrogen) atoms. The molecule has 0 heterocycles. The molecular weight excluding hydrogens is 331 g/mol. The lowest BCUT2D eigenvalue weighted by molar-refractivity contribution is -0.0755. The van der Waals surface area contributed by atoms with Gasteiger partial charge in [-0.3, -0.25) is 0 Å². The Hall–Kier alpha value is 0.607. The Morgan fingerprint density at radius 1 is 1.38 bits per heavy atom. The van der Waals surface area contributed by atoms with Crippen LogP contribution in [0.25, 0.3) is 0 Å². The van der Waals surface area contributed by atoms with Crippen LogP contribution in [-0.4, -0.2) is 27.6 Å².